The molecule has 1 heteroatoms. The highest BCUT2D eigenvalue weighted by Gasteiger charge is 1.90. The lowest BCUT2D eigenvalue weighted by Crippen LogP contribution is -1.79. The summed E-state index contributed by atoms with van der Waals surface area (Å²) >= 11 is 0. The van der Waals surface area contributed by atoms with Crippen LogP contribution in [0.1, 0.15) is 18.9 Å². The normalized spacial score (nSPS) is 9.80. The summed E-state index contributed by atoms with van der Waals surface area (Å²) in [6.45, 7) is 2.06. The van der Waals surface area contributed by atoms with E-state index in [0.29, 0.717) is 0 Å². The second-order valence-corrected chi connectivity index (χ2v) is 2.16. The molecular weight excluding hydrogens is 127 g/mol. The van der Waals surface area contributed by atoms with Crippen molar-refractivity contribution in [3.05, 3.63) is 42.1 Å². The molecule has 0 atom stereocenters. The van der Waals surface area contributed by atoms with E-state index < -0.39 is 0 Å². The van der Waals surface area contributed by atoms with Crippen molar-refractivity contribution in [2.75, 3.05) is 0 Å². The predicted octanol–water partition coefficient (Wildman–Crippen LogP) is 2.79. The van der Waals surface area contributed by atoms with Crippen LogP contribution in [0.2, 0.25) is 0 Å². The van der Waals surface area contributed by atoms with Crippen LogP contribution >= 0.6 is 0 Å². The van der Waals surface area contributed by atoms with Crippen LogP contribution in [0.25, 0.3) is 0 Å². The third kappa shape index (κ3) is 1.83. The summed E-state index contributed by atoms with van der Waals surface area (Å²) in [6, 6.07) is 6.50. The fourth-order valence-electron chi connectivity index (χ4n) is 0.835. The SMILES string of the molecule is CC[CH]c1ccc(F)cc1. The van der Waals surface area contributed by atoms with Gasteiger partial charge in [0.05, 0.1) is 0 Å². The maximum Gasteiger partial charge on any atom is 0.123 e. The number of halogens is 1. The lowest BCUT2D eigenvalue weighted by molar-refractivity contribution is 0.627. The zero-order valence-corrected chi connectivity index (χ0v) is 5.97. The summed E-state index contributed by atoms with van der Waals surface area (Å²) in [5.41, 5.74) is 1.09. The van der Waals surface area contributed by atoms with E-state index in [1.54, 1.807) is 12.1 Å². The molecule has 1 rings (SSSR count). The molecule has 0 amide bonds. The molecule has 1 aromatic carbocycles. The van der Waals surface area contributed by atoms with Gasteiger partial charge < -0.3 is 0 Å². The minimum absolute atomic E-state index is 0.173. The third-order valence-electron chi connectivity index (χ3n) is 1.31. The predicted molar refractivity (Wildman–Crippen MR) is 40.1 cm³/mol. The molecule has 0 N–H and O–H groups in total. The van der Waals surface area contributed by atoms with Gasteiger partial charge in [0, 0.05) is 0 Å². The first-order valence-corrected chi connectivity index (χ1v) is 3.41. The largest absolute Gasteiger partial charge is 0.207 e. The maximum atomic E-state index is 12.3. The summed E-state index contributed by atoms with van der Waals surface area (Å²) < 4.78 is 12.3. The van der Waals surface area contributed by atoms with E-state index >= 15 is 0 Å². The van der Waals surface area contributed by atoms with Crippen LogP contribution in [0, 0.1) is 12.2 Å². The van der Waals surface area contributed by atoms with Gasteiger partial charge in [-0.3, -0.25) is 0 Å². The zero-order valence-electron chi connectivity index (χ0n) is 5.97. The van der Waals surface area contributed by atoms with Crippen molar-refractivity contribution in [1.29, 1.82) is 0 Å². The van der Waals surface area contributed by atoms with Crippen molar-refractivity contribution in [2.24, 2.45) is 0 Å². The molecule has 0 bridgehead atoms. The van der Waals surface area contributed by atoms with Crippen LogP contribution < -0.4 is 0 Å². The fourth-order valence-corrected chi connectivity index (χ4v) is 0.835. The highest BCUT2D eigenvalue weighted by atomic mass is 19.1. The number of hydrogen-bond donors (Lipinski definition) is 0. The third-order valence-corrected chi connectivity index (χ3v) is 1.31. The molecule has 0 unspecified atom stereocenters. The first-order chi connectivity index (χ1) is 4.83. The Morgan fingerprint density at radius 1 is 1.30 bits per heavy atom. The summed E-state index contributed by atoms with van der Waals surface area (Å²) in [5, 5.41) is 0. The van der Waals surface area contributed by atoms with E-state index in [4.69, 9.17) is 0 Å². The van der Waals surface area contributed by atoms with E-state index in [1.807, 2.05) is 0 Å². The quantitative estimate of drug-likeness (QED) is 0.588. The molecule has 0 aromatic heterocycles. The van der Waals surface area contributed by atoms with Gasteiger partial charge in [-0.05, 0) is 30.5 Å². The molecule has 0 fully saturated rings. The van der Waals surface area contributed by atoms with Crippen LogP contribution in [0.5, 0.6) is 0 Å². The van der Waals surface area contributed by atoms with E-state index in [2.05, 4.69) is 13.3 Å². The Morgan fingerprint density at radius 2 is 1.90 bits per heavy atom. The smallest absolute Gasteiger partial charge is 0.123 e. The molecule has 53 valence electrons. The fraction of sp³-hybridized carbons (Fsp3) is 0.222. The standard InChI is InChI=1S/C9H10F/c1-2-3-8-4-6-9(10)7-5-8/h3-7H,2H2,1H3. The van der Waals surface area contributed by atoms with Crippen molar-refractivity contribution in [3.8, 4) is 0 Å². The van der Waals surface area contributed by atoms with Crippen LogP contribution in [-0.4, -0.2) is 0 Å². The van der Waals surface area contributed by atoms with E-state index in [9.17, 15) is 4.39 Å². The number of benzene rings is 1. The molecule has 0 aliphatic carbocycles. The first-order valence-electron chi connectivity index (χ1n) is 3.41. The number of rotatable bonds is 2. The van der Waals surface area contributed by atoms with Gasteiger partial charge >= 0.3 is 0 Å². The highest BCUT2D eigenvalue weighted by Crippen LogP contribution is 2.06. The summed E-state index contributed by atoms with van der Waals surface area (Å²) in [4.78, 5) is 0. The van der Waals surface area contributed by atoms with Crippen LogP contribution in [-0.2, 0) is 0 Å². The Balaban J connectivity index is 2.69. The Bertz CT molecular complexity index is 188. The van der Waals surface area contributed by atoms with E-state index in [-0.39, 0.29) is 5.82 Å². The van der Waals surface area contributed by atoms with Gasteiger partial charge in [0.1, 0.15) is 5.82 Å². The molecule has 0 spiro atoms. The monoisotopic (exact) mass is 137 g/mol. The molecule has 1 aromatic rings. The molecule has 10 heavy (non-hydrogen) atoms. The summed E-state index contributed by atoms with van der Waals surface area (Å²) in [5.74, 6) is -0.173. The molecule has 0 nitrogen and oxygen atoms in total. The summed E-state index contributed by atoms with van der Waals surface area (Å²) in [6.07, 6.45) is 3.05. The minimum atomic E-state index is -0.173. The van der Waals surface area contributed by atoms with Crippen molar-refractivity contribution in [2.45, 2.75) is 13.3 Å². The highest BCUT2D eigenvalue weighted by molar-refractivity contribution is 5.22. The minimum Gasteiger partial charge on any atom is -0.207 e. The average Bonchev–Trinajstić information content (AvgIpc) is 1.95. The zero-order chi connectivity index (χ0) is 7.40. The van der Waals surface area contributed by atoms with Gasteiger partial charge in [0.15, 0.2) is 0 Å². The Kier molecular flexibility index (Phi) is 2.43. The van der Waals surface area contributed by atoms with Gasteiger partial charge in [-0.1, -0.05) is 19.1 Å². The van der Waals surface area contributed by atoms with Gasteiger partial charge in [0.25, 0.3) is 0 Å². The lowest BCUT2D eigenvalue weighted by atomic mass is 10.1. The molecule has 0 aliphatic heterocycles. The van der Waals surface area contributed by atoms with Crippen molar-refractivity contribution < 1.29 is 4.39 Å². The second kappa shape index (κ2) is 3.35. The second-order valence-electron chi connectivity index (χ2n) is 2.16. The molecule has 0 aliphatic rings. The van der Waals surface area contributed by atoms with E-state index in [0.717, 1.165) is 12.0 Å². The van der Waals surface area contributed by atoms with Gasteiger partial charge in [-0.2, -0.15) is 0 Å². The molecule has 0 saturated carbocycles. The van der Waals surface area contributed by atoms with Gasteiger partial charge in [-0.15, -0.1) is 0 Å². The van der Waals surface area contributed by atoms with Crippen LogP contribution in [0.3, 0.4) is 0 Å². The first kappa shape index (κ1) is 7.26. The van der Waals surface area contributed by atoms with Crippen LogP contribution in [0.4, 0.5) is 4.39 Å². The average molecular weight is 137 g/mol. The topological polar surface area (TPSA) is 0 Å². The van der Waals surface area contributed by atoms with Crippen molar-refractivity contribution >= 4 is 0 Å². The van der Waals surface area contributed by atoms with Gasteiger partial charge in [0.2, 0.25) is 0 Å². The lowest BCUT2D eigenvalue weighted by Gasteiger charge is -1.95. The Hall–Kier alpha value is -0.850. The van der Waals surface area contributed by atoms with Crippen LogP contribution in [0.15, 0.2) is 24.3 Å². The van der Waals surface area contributed by atoms with Crippen molar-refractivity contribution in [1.82, 2.24) is 0 Å². The molecule has 0 heterocycles. The van der Waals surface area contributed by atoms with E-state index in [1.165, 1.54) is 12.1 Å². The van der Waals surface area contributed by atoms with Gasteiger partial charge in [-0.25, -0.2) is 4.39 Å². The Labute approximate surface area is 60.7 Å². The Morgan fingerprint density at radius 3 is 2.40 bits per heavy atom. The van der Waals surface area contributed by atoms with Crippen molar-refractivity contribution in [3.63, 3.8) is 0 Å². The number of hydrogen-bond acceptors (Lipinski definition) is 0. The molecular formula is C9H10F. The molecule has 1 radical (unpaired) electrons. The maximum absolute atomic E-state index is 12.3. The summed E-state index contributed by atoms with van der Waals surface area (Å²) in [7, 11) is 0. The molecule has 0 saturated heterocycles.